The van der Waals surface area contributed by atoms with Crippen molar-refractivity contribution in [2.75, 3.05) is 26.1 Å². The number of halogens is 2. The Morgan fingerprint density at radius 3 is 2.55 bits per heavy atom. The average molecular weight is 463 g/mol. The first-order chi connectivity index (χ1) is 15.8. The molecular formula is C23H27F2N3O5. The Kier molecular flexibility index (Phi) is 9.59. The maximum atomic E-state index is 14.7. The van der Waals surface area contributed by atoms with Crippen molar-refractivity contribution in [2.45, 2.75) is 32.7 Å². The number of rotatable bonds is 11. The van der Waals surface area contributed by atoms with Crippen molar-refractivity contribution < 1.29 is 32.9 Å². The molecule has 8 nitrogen and oxygen atoms in total. The van der Waals surface area contributed by atoms with Gasteiger partial charge in [-0.05, 0) is 20.3 Å². The molecule has 1 aliphatic rings. The lowest BCUT2D eigenvalue weighted by Crippen LogP contribution is -2.16. The van der Waals surface area contributed by atoms with Gasteiger partial charge in [-0.25, -0.2) is 23.5 Å². The van der Waals surface area contributed by atoms with Gasteiger partial charge in [0.2, 0.25) is 5.95 Å². The van der Waals surface area contributed by atoms with Crippen LogP contribution in [0.1, 0.15) is 26.7 Å². The first-order valence-corrected chi connectivity index (χ1v) is 10.1. The number of methoxy groups -OCH3 is 2. The highest BCUT2D eigenvalue weighted by molar-refractivity contribution is 5.87. The monoisotopic (exact) mass is 463 g/mol. The number of carbonyl (C=O) groups is 1. The second kappa shape index (κ2) is 12.4. The topological polar surface area (TPSA) is 103 Å². The minimum atomic E-state index is -0.998. The van der Waals surface area contributed by atoms with Crippen molar-refractivity contribution in [1.29, 1.82) is 0 Å². The van der Waals surface area contributed by atoms with Gasteiger partial charge in [0, 0.05) is 29.7 Å². The summed E-state index contributed by atoms with van der Waals surface area (Å²) in [4.78, 5) is 19.6. The molecule has 0 saturated heterocycles. The highest BCUT2D eigenvalue weighted by Crippen LogP contribution is 2.31. The highest BCUT2D eigenvalue weighted by atomic mass is 19.1. The minimum absolute atomic E-state index is 0.0379. The number of nitrogens with one attached hydrogen (secondary N) is 1. The maximum Gasteiger partial charge on any atom is 0.331 e. The largest absolute Gasteiger partial charge is 0.494 e. The van der Waals surface area contributed by atoms with Crippen molar-refractivity contribution >= 4 is 11.9 Å². The molecule has 1 aromatic rings. The molecule has 0 aliphatic heterocycles. The molecule has 1 heterocycles. The average Bonchev–Trinajstić information content (AvgIpc) is 2.91. The number of hydrogen-bond acceptors (Lipinski definition) is 7. The zero-order valence-corrected chi connectivity index (χ0v) is 18.9. The zero-order valence-electron chi connectivity index (χ0n) is 18.9. The lowest BCUT2D eigenvalue weighted by molar-refractivity contribution is -0.132. The van der Waals surface area contributed by atoms with E-state index in [-0.39, 0.29) is 53.4 Å². The summed E-state index contributed by atoms with van der Waals surface area (Å²) in [5.74, 6) is -2.15. The minimum Gasteiger partial charge on any atom is -0.494 e. The number of anilines is 1. The molecule has 1 unspecified atom stereocenters. The number of ether oxygens (including phenoxy) is 3. The number of carboxylic acids is 1. The van der Waals surface area contributed by atoms with Gasteiger partial charge in [-0.15, -0.1) is 0 Å². The molecule has 1 aliphatic carbocycles. The summed E-state index contributed by atoms with van der Waals surface area (Å²) in [5, 5.41) is 12.3. The molecule has 0 saturated carbocycles. The summed E-state index contributed by atoms with van der Waals surface area (Å²) in [5.41, 5.74) is 0.282. The van der Waals surface area contributed by atoms with Crippen LogP contribution in [-0.2, 0) is 14.3 Å². The van der Waals surface area contributed by atoms with Gasteiger partial charge in [0.05, 0.1) is 26.6 Å². The van der Waals surface area contributed by atoms with Crippen LogP contribution >= 0.6 is 0 Å². The van der Waals surface area contributed by atoms with Gasteiger partial charge in [-0.1, -0.05) is 18.2 Å². The number of hydrogen-bond donors (Lipinski definition) is 2. The zero-order chi connectivity index (χ0) is 24.4. The SMILES string of the molecule is C/C=C\C/C(=C\C(C)Nc1ncc(OCC2=C(F)C(OC)=CC(OC)=C(F)C2)cn1)C(=O)O. The van der Waals surface area contributed by atoms with E-state index in [4.69, 9.17) is 14.2 Å². The van der Waals surface area contributed by atoms with Crippen LogP contribution in [0.2, 0.25) is 0 Å². The van der Waals surface area contributed by atoms with Crippen LogP contribution in [0.3, 0.4) is 0 Å². The summed E-state index contributed by atoms with van der Waals surface area (Å²) in [6.07, 6.45) is 8.98. The highest BCUT2D eigenvalue weighted by Gasteiger charge is 2.22. The third-order valence-electron chi connectivity index (χ3n) is 4.56. The first-order valence-electron chi connectivity index (χ1n) is 10.1. The molecule has 0 bridgehead atoms. The van der Waals surface area contributed by atoms with Crippen LogP contribution in [0.5, 0.6) is 5.75 Å². The van der Waals surface area contributed by atoms with E-state index in [9.17, 15) is 18.7 Å². The molecule has 1 atom stereocenters. The molecule has 0 radical (unpaired) electrons. The third kappa shape index (κ3) is 7.44. The van der Waals surface area contributed by atoms with Gasteiger partial charge in [-0.3, -0.25) is 0 Å². The van der Waals surface area contributed by atoms with Gasteiger partial charge >= 0.3 is 5.97 Å². The van der Waals surface area contributed by atoms with Crippen LogP contribution < -0.4 is 10.1 Å². The van der Waals surface area contributed by atoms with E-state index >= 15 is 0 Å². The molecule has 178 valence electrons. The Morgan fingerprint density at radius 1 is 1.27 bits per heavy atom. The van der Waals surface area contributed by atoms with Crippen molar-refractivity contribution in [3.63, 3.8) is 0 Å². The standard InChI is InChI=1S/C23H27F2N3O5/c1-5-6-7-15(22(29)30)8-14(2)28-23-26-11-17(12-27-23)33-13-16-9-18(24)19(31-3)10-20(32-4)21(16)25/h5-6,8,10-12,14H,7,9,13H2,1-4H3,(H,29,30)(H,26,27,28)/b6-5-,15-8+. The molecule has 2 rings (SSSR count). The Morgan fingerprint density at radius 2 is 1.97 bits per heavy atom. The number of aliphatic carboxylic acids is 1. The Balaban J connectivity index is 2.04. The second-order valence-electron chi connectivity index (χ2n) is 7.01. The van der Waals surface area contributed by atoms with E-state index in [1.54, 1.807) is 25.2 Å². The van der Waals surface area contributed by atoms with Crippen molar-refractivity contribution in [1.82, 2.24) is 9.97 Å². The van der Waals surface area contributed by atoms with Crippen molar-refractivity contribution in [3.8, 4) is 5.75 Å². The number of nitrogens with zero attached hydrogens (tertiary/aromatic N) is 2. The molecule has 1 aromatic heterocycles. The maximum absolute atomic E-state index is 14.7. The number of allylic oxidation sites excluding steroid dienone is 5. The predicted octanol–water partition coefficient (Wildman–Crippen LogP) is 4.62. The van der Waals surface area contributed by atoms with Crippen LogP contribution in [0.4, 0.5) is 14.7 Å². The molecule has 0 aromatic carbocycles. The van der Waals surface area contributed by atoms with Gasteiger partial charge in [0.25, 0.3) is 0 Å². The molecule has 10 heteroatoms. The van der Waals surface area contributed by atoms with E-state index in [0.29, 0.717) is 6.42 Å². The fraction of sp³-hybridized carbons (Fsp3) is 0.348. The Hall–Kier alpha value is -3.69. The molecule has 0 amide bonds. The number of aromatic nitrogens is 2. The van der Waals surface area contributed by atoms with Crippen LogP contribution in [0.25, 0.3) is 0 Å². The summed E-state index contributed by atoms with van der Waals surface area (Å²) in [6.45, 7) is 3.33. The van der Waals surface area contributed by atoms with Crippen LogP contribution in [0, 0.1) is 0 Å². The molecular weight excluding hydrogens is 436 g/mol. The third-order valence-corrected chi connectivity index (χ3v) is 4.56. The van der Waals surface area contributed by atoms with Gasteiger partial charge < -0.3 is 24.6 Å². The summed E-state index contributed by atoms with van der Waals surface area (Å²) >= 11 is 0. The van der Waals surface area contributed by atoms with E-state index in [0.717, 1.165) is 6.08 Å². The van der Waals surface area contributed by atoms with E-state index in [2.05, 4.69) is 15.3 Å². The van der Waals surface area contributed by atoms with Crippen LogP contribution in [0.15, 0.2) is 71.0 Å². The van der Waals surface area contributed by atoms with Gasteiger partial charge in [-0.2, -0.15) is 0 Å². The second-order valence-corrected chi connectivity index (χ2v) is 7.01. The van der Waals surface area contributed by atoms with Gasteiger partial charge in [0.1, 0.15) is 12.4 Å². The molecule has 0 fully saturated rings. The van der Waals surface area contributed by atoms with E-state index in [1.807, 2.05) is 6.92 Å². The summed E-state index contributed by atoms with van der Waals surface area (Å²) in [7, 11) is 2.56. The van der Waals surface area contributed by atoms with Crippen molar-refractivity contribution in [2.24, 2.45) is 0 Å². The molecule has 2 N–H and O–H groups in total. The van der Waals surface area contributed by atoms with E-state index in [1.165, 1.54) is 26.6 Å². The molecule has 33 heavy (non-hydrogen) atoms. The Bertz CT molecular complexity index is 998. The summed E-state index contributed by atoms with van der Waals surface area (Å²) in [6, 6.07) is -0.345. The Labute approximate surface area is 191 Å². The lowest BCUT2D eigenvalue weighted by Gasteiger charge is -2.13. The summed E-state index contributed by atoms with van der Waals surface area (Å²) < 4.78 is 44.4. The normalized spacial score (nSPS) is 15.8. The molecule has 0 spiro atoms. The quantitative estimate of drug-likeness (QED) is 0.362. The fourth-order valence-electron chi connectivity index (χ4n) is 2.87. The van der Waals surface area contributed by atoms with Crippen LogP contribution in [-0.4, -0.2) is 47.9 Å². The lowest BCUT2D eigenvalue weighted by atomic mass is 10.1. The van der Waals surface area contributed by atoms with E-state index < -0.39 is 17.6 Å². The van der Waals surface area contributed by atoms with Crippen molar-refractivity contribution in [3.05, 3.63) is 71.0 Å². The fourth-order valence-corrected chi connectivity index (χ4v) is 2.87. The predicted molar refractivity (Wildman–Crippen MR) is 119 cm³/mol. The smallest absolute Gasteiger partial charge is 0.331 e. The van der Waals surface area contributed by atoms with Gasteiger partial charge in [0.15, 0.2) is 23.1 Å². The first kappa shape index (κ1) is 25.6. The number of carboxylic acid groups (broad SMARTS) is 1.